The lowest BCUT2D eigenvalue weighted by Gasteiger charge is -2.36. The van der Waals surface area contributed by atoms with Gasteiger partial charge in [0.15, 0.2) is 0 Å². The number of aromatic nitrogens is 1. The second-order valence-electron chi connectivity index (χ2n) is 7.63. The summed E-state index contributed by atoms with van der Waals surface area (Å²) in [6.07, 6.45) is 2.12. The second-order valence-corrected chi connectivity index (χ2v) is 7.63. The van der Waals surface area contributed by atoms with Gasteiger partial charge in [0, 0.05) is 43.0 Å². The number of hydrogen-bond donors (Lipinski definition) is 2. The van der Waals surface area contributed by atoms with Gasteiger partial charge in [0.2, 0.25) is 11.8 Å². The highest BCUT2D eigenvalue weighted by atomic mass is 16.2. The zero-order valence-electron chi connectivity index (χ0n) is 17.0. The molecule has 0 spiro atoms. The molecule has 2 N–H and O–H groups in total. The first-order valence-electron chi connectivity index (χ1n) is 10.3. The Morgan fingerprint density at radius 2 is 1.90 bits per heavy atom. The number of hydrogen-bond acceptors (Lipinski definition) is 2. The number of para-hydroxylation sites is 1. The molecule has 2 heterocycles. The van der Waals surface area contributed by atoms with Crippen LogP contribution in [0, 0.1) is 0 Å². The number of amides is 2. The van der Waals surface area contributed by atoms with Crippen LogP contribution in [0.4, 0.5) is 0 Å². The molecule has 2 aromatic carbocycles. The highest BCUT2D eigenvalue weighted by molar-refractivity contribution is 5.86. The third-order valence-electron chi connectivity index (χ3n) is 5.77. The average Bonchev–Trinajstić information content (AvgIpc) is 3.11. The lowest BCUT2D eigenvalue weighted by molar-refractivity contribution is -0.133. The number of nitrogens with one attached hydrogen (secondary N) is 2. The molecule has 5 heteroatoms. The Balaban J connectivity index is 1.72. The van der Waals surface area contributed by atoms with Gasteiger partial charge in [0.25, 0.3) is 0 Å². The molecule has 5 nitrogen and oxygen atoms in total. The van der Waals surface area contributed by atoms with Gasteiger partial charge in [-0.15, -0.1) is 0 Å². The minimum absolute atomic E-state index is 0.0626. The van der Waals surface area contributed by atoms with Crippen molar-refractivity contribution in [3.63, 3.8) is 0 Å². The lowest BCUT2D eigenvalue weighted by Crippen LogP contribution is -2.41. The minimum atomic E-state index is -0.137. The van der Waals surface area contributed by atoms with Crippen molar-refractivity contribution in [3.8, 4) is 0 Å². The molecule has 1 aliphatic rings. The zero-order valence-corrected chi connectivity index (χ0v) is 17.0. The number of aromatic amines is 1. The van der Waals surface area contributed by atoms with Crippen molar-refractivity contribution in [3.05, 3.63) is 70.9 Å². The van der Waals surface area contributed by atoms with Crippen LogP contribution in [-0.4, -0.2) is 34.8 Å². The first-order valence-corrected chi connectivity index (χ1v) is 10.3. The van der Waals surface area contributed by atoms with E-state index < -0.39 is 0 Å². The van der Waals surface area contributed by atoms with E-state index in [9.17, 15) is 9.59 Å². The second kappa shape index (κ2) is 8.11. The molecule has 0 saturated carbocycles. The fourth-order valence-corrected chi connectivity index (χ4v) is 4.28. The average molecular weight is 389 g/mol. The van der Waals surface area contributed by atoms with E-state index in [1.165, 1.54) is 23.4 Å². The van der Waals surface area contributed by atoms with Crippen molar-refractivity contribution >= 4 is 22.7 Å². The smallest absolute Gasteiger partial charge is 0.225 e. The molecule has 0 saturated heterocycles. The molecule has 1 unspecified atom stereocenters. The van der Waals surface area contributed by atoms with Crippen LogP contribution in [0.15, 0.2) is 48.5 Å². The molecule has 0 radical (unpaired) electrons. The van der Waals surface area contributed by atoms with Crippen LogP contribution in [0.3, 0.4) is 0 Å². The SMILES string of the molecule is CCc1ccc(C2c3[nH]c4ccccc4c3CCN2C(=O)CCNC(C)=O)cc1. The highest BCUT2D eigenvalue weighted by Gasteiger charge is 2.34. The normalized spacial score (nSPS) is 15.9. The van der Waals surface area contributed by atoms with E-state index in [0.29, 0.717) is 19.5 Å². The zero-order chi connectivity index (χ0) is 20.4. The van der Waals surface area contributed by atoms with Crippen molar-refractivity contribution in [2.24, 2.45) is 0 Å². The van der Waals surface area contributed by atoms with Gasteiger partial charge in [-0.25, -0.2) is 0 Å². The Kier molecular flexibility index (Phi) is 5.38. The largest absolute Gasteiger partial charge is 0.356 e. The van der Waals surface area contributed by atoms with E-state index >= 15 is 0 Å². The van der Waals surface area contributed by atoms with Gasteiger partial charge in [-0.3, -0.25) is 9.59 Å². The fraction of sp³-hybridized carbons (Fsp3) is 0.333. The van der Waals surface area contributed by atoms with Gasteiger partial charge in [-0.2, -0.15) is 0 Å². The van der Waals surface area contributed by atoms with Crippen LogP contribution < -0.4 is 5.32 Å². The lowest BCUT2D eigenvalue weighted by atomic mass is 9.91. The van der Waals surface area contributed by atoms with E-state index in [0.717, 1.165) is 29.6 Å². The van der Waals surface area contributed by atoms with Crippen molar-refractivity contribution in [1.29, 1.82) is 0 Å². The van der Waals surface area contributed by atoms with Crippen LogP contribution in [0.25, 0.3) is 10.9 Å². The van der Waals surface area contributed by atoms with E-state index in [1.807, 2.05) is 11.0 Å². The summed E-state index contributed by atoms with van der Waals surface area (Å²) in [6.45, 7) is 4.66. The van der Waals surface area contributed by atoms with Crippen LogP contribution >= 0.6 is 0 Å². The molecule has 29 heavy (non-hydrogen) atoms. The number of aryl methyl sites for hydroxylation is 1. The van der Waals surface area contributed by atoms with Gasteiger partial charge in [0.1, 0.15) is 0 Å². The number of nitrogens with zero attached hydrogens (tertiary/aromatic N) is 1. The van der Waals surface area contributed by atoms with Crippen molar-refractivity contribution in [2.75, 3.05) is 13.1 Å². The summed E-state index contributed by atoms with van der Waals surface area (Å²) in [4.78, 5) is 29.8. The number of fused-ring (bicyclic) bond motifs is 3. The maximum absolute atomic E-state index is 13.1. The first kappa shape index (κ1) is 19.2. The monoisotopic (exact) mass is 389 g/mol. The topological polar surface area (TPSA) is 65.2 Å². The Labute approximate surface area is 171 Å². The molecular formula is C24H27N3O2. The molecular weight excluding hydrogens is 362 g/mol. The summed E-state index contributed by atoms with van der Waals surface area (Å²) in [5, 5.41) is 3.97. The van der Waals surface area contributed by atoms with Gasteiger partial charge in [-0.1, -0.05) is 49.4 Å². The molecule has 1 atom stereocenters. The maximum Gasteiger partial charge on any atom is 0.225 e. The Morgan fingerprint density at radius 3 is 2.62 bits per heavy atom. The third-order valence-corrected chi connectivity index (χ3v) is 5.77. The number of rotatable bonds is 5. The number of benzene rings is 2. The van der Waals surface area contributed by atoms with E-state index in [1.54, 1.807) is 0 Å². The van der Waals surface area contributed by atoms with Crippen molar-refractivity contribution in [2.45, 2.75) is 39.2 Å². The molecule has 1 aliphatic heterocycles. The third kappa shape index (κ3) is 3.77. The predicted molar refractivity (Wildman–Crippen MR) is 115 cm³/mol. The Hall–Kier alpha value is -3.08. The Bertz CT molecular complexity index is 1040. The Morgan fingerprint density at radius 1 is 1.14 bits per heavy atom. The van der Waals surface area contributed by atoms with Gasteiger partial charge in [0.05, 0.1) is 6.04 Å². The molecule has 0 aliphatic carbocycles. The standard InChI is InChI=1S/C24H27N3O2/c1-3-17-8-10-18(11-9-17)24-23-20(19-6-4-5-7-21(19)26-23)13-15-27(24)22(29)12-14-25-16(2)28/h4-11,24,26H,3,12-15H2,1-2H3,(H,25,28). The van der Waals surface area contributed by atoms with Crippen LogP contribution in [-0.2, 0) is 22.4 Å². The van der Waals surface area contributed by atoms with E-state index in [4.69, 9.17) is 0 Å². The minimum Gasteiger partial charge on any atom is -0.356 e. The van der Waals surface area contributed by atoms with Crippen LogP contribution in [0.1, 0.15) is 48.7 Å². The van der Waals surface area contributed by atoms with Crippen molar-refractivity contribution < 1.29 is 9.59 Å². The van der Waals surface area contributed by atoms with E-state index in [-0.39, 0.29) is 17.9 Å². The number of carbonyl (C=O) groups excluding carboxylic acids is 2. The molecule has 0 bridgehead atoms. The summed E-state index contributed by atoms with van der Waals surface area (Å²) in [5.41, 5.74) is 5.92. The first-order chi connectivity index (χ1) is 14.1. The molecule has 3 aromatic rings. The van der Waals surface area contributed by atoms with Crippen molar-refractivity contribution in [1.82, 2.24) is 15.2 Å². The predicted octanol–water partition coefficient (Wildman–Crippen LogP) is 3.73. The highest BCUT2D eigenvalue weighted by Crippen LogP contribution is 2.38. The summed E-state index contributed by atoms with van der Waals surface area (Å²) in [6, 6.07) is 16.8. The molecule has 2 amide bonds. The summed E-state index contributed by atoms with van der Waals surface area (Å²) < 4.78 is 0. The van der Waals surface area contributed by atoms with Crippen LogP contribution in [0.5, 0.6) is 0 Å². The molecule has 1 aromatic heterocycles. The number of carbonyl (C=O) groups is 2. The summed E-state index contributed by atoms with van der Waals surface area (Å²) in [7, 11) is 0. The molecule has 0 fully saturated rings. The van der Waals surface area contributed by atoms with Gasteiger partial charge in [-0.05, 0) is 35.6 Å². The fourth-order valence-electron chi connectivity index (χ4n) is 4.28. The molecule has 4 rings (SSSR count). The number of H-pyrrole nitrogens is 1. The van der Waals surface area contributed by atoms with Gasteiger partial charge < -0.3 is 15.2 Å². The maximum atomic E-state index is 13.1. The van der Waals surface area contributed by atoms with Gasteiger partial charge >= 0.3 is 0 Å². The summed E-state index contributed by atoms with van der Waals surface area (Å²) in [5.74, 6) is -0.0475. The quantitative estimate of drug-likeness (QED) is 0.698. The summed E-state index contributed by atoms with van der Waals surface area (Å²) >= 11 is 0. The van der Waals surface area contributed by atoms with Crippen LogP contribution in [0.2, 0.25) is 0 Å². The van der Waals surface area contributed by atoms with E-state index in [2.05, 4.69) is 59.7 Å². The molecule has 150 valence electrons.